The molecule has 0 radical (unpaired) electrons. The van der Waals surface area contributed by atoms with Crippen LogP contribution in [-0.4, -0.2) is 33.2 Å². The summed E-state index contributed by atoms with van der Waals surface area (Å²) in [7, 11) is 0. The first-order valence-electron chi connectivity index (χ1n) is 8.18. The van der Waals surface area contributed by atoms with Gasteiger partial charge in [-0.2, -0.15) is 5.10 Å². The van der Waals surface area contributed by atoms with Crippen LogP contribution in [0.1, 0.15) is 21.5 Å². The van der Waals surface area contributed by atoms with Crippen LogP contribution in [-0.2, 0) is 22.7 Å². The maximum atomic E-state index is 12.2. The van der Waals surface area contributed by atoms with E-state index in [1.165, 1.54) is 6.33 Å². The molecule has 1 aromatic heterocycles. The number of amides is 1. The number of nitrogens with zero attached hydrogens (tertiary/aromatic N) is 3. The molecule has 0 saturated carbocycles. The molecule has 1 heterocycles. The zero-order chi connectivity index (χ0) is 19.1. The van der Waals surface area contributed by atoms with Crippen molar-refractivity contribution in [3.8, 4) is 5.75 Å². The predicted octanol–water partition coefficient (Wildman–Crippen LogP) is 1.55. The summed E-state index contributed by atoms with van der Waals surface area (Å²) < 4.78 is 12.3. The van der Waals surface area contributed by atoms with Gasteiger partial charge in [0, 0.05) is 0 Å². The number of rotatable bonds is 8. The van der Waals surface area contributed by atoms with Gasteiger partial charge in [-0.15, -0.1) is 0 Å². The molecule has 0 aliphatic heterocycles. The highest BCUT2D eigenvalue weighted by Crippen LogP contribution is 2.15. The first-order chi connectivity index (χ1) is 13.1. The third-order valence-electron chi connectivity index (χ3n) is 3.65. The Hall–Kier alpha value is -3.68. The van der Waals surface area contributed by atoms with E-state index in [1.807, 2.05) is 12.1 Å². The second-order valence-corrected chi connectivity index (χ2v) is 5.77. The van der Waals surface area contributed by atoms with Crippen LogP contribution in [0.15, 0.2) is 61.2 Å². The highest BCUT2D eigenvalue weighted by Gasteiger charge is 2.08. The Morgan fingerprint density at radius 1 is 1.07 bits per heavy atom. The molecular weight excluding hydrogens is 348 g/mol. The van der Waals surface area contributed by atoms with Crippen LogP contribution >= 0.6 is 0 Å². The Morgan fingerprint density at radius 2 is 1.89 bits per heavy atom. The van der Waals surface area contributed by atoms with Crippen LogP contribution in [0.5, 0.6) is 5.75 Å². The van der Waals surface area contributed by atoms with Gasteiger partial charge in [0.15, 0.2) is 6.61 Å². The number of benzene rings is 2. The second kappa shape index (κ2) is 8.61. The smallest absolute Gasteiger partial charge is 0.338 e. The van der Waals surface area contributed by atoms with Crippen molar-refractivity contribution in [1.82, 2.24) is 14.8 Å². The van der Waals surface area contributed by atoms with Gasteiger partial charge >= 0.3 is 5.97 Å². The van der Waals surface area contributed by atoms with Crippen molar-refractivity contribution in [1.29, 1.82) is 0 Å². The molecule has 3 aromatic rings. The van der Waals surface area contributed by atoms with Crippen LogP contribution < -0.4 is 10.5 Å². The van der Waals surface area contributed by atoms with Gasteiger partial charge < -0.3 is 15.2 Å². The maximum absolute atomic E-state index is 12.2. The molecule has 0 fully saturated rings. The normalized spacial score (nSPS) is 10.4. The van der Waals surface area contributed by atoms with E-state index in [-0.39, 0.29) is 13.2 Å². The minimum absolute atomic E-state index is 0.0906. The third kappa shape index (κ3) is 5.40. The SMILES string of the molecule is NC(=O)COc1cccc(COC(=O)c2ccc(Cn3cncn3)cc2)c1. The lowest BCUT2D eigenvalue weighted by molar-refractivity contribution is -0.119. The molecule has 138 valence electrons. The highest BCUT2D eigenvalue weighted by molar-refractivity contribution is 5.89. The zero-order valence-corrected chi connectivity index (χ0v) is 14.4. The van der Waals surface area contributed by atoms with Crippen LogP contribution in [0, 0.1) is 0 Å². The molecule has 8 nitrogen and oxygen atoms in total. The maximum Gasteiger partial charge on any atom is 0.338 e. The molecule has 0 spiro atoms. The average Bonchev–Trinajstić information content (AvgIpc) is 3.18. The number of hydrogen-bond acceptors (Lipinski definition) is 6. The summed E-state index contributed by atoms with van der Waals surface area (Å²) in [4.78, 5) is 26.9. The monoisotopic (exact) mass is 366 g/mol. The van der Waals surface area contributed by atoms with E-state index in [1.54, 1.807) is 47.4 Å². The van der Waals surface area contributed by atoms with Gasteiger partial charge in [0.1, 0.15) is 25.0 Å². The summed E-state index contributed by atoms with van der Waals surface area (Å²) in [6.45, 7) is 0.463. The van der Waals surface area contributed by atoms with Gasteiger partial charge in [-0.1, -0.05) is 24.3 Å². The van der Waals surface area contributed by atoms with E-state index < -0.39 is 11.9 Å². The number of primary amides is 1. The van der Waals surface area contributed by atoms with E-state index in [0.29, 0.717) is 17.9 Å². The topological polar surface area (TPSA) is 109 Å². The summed E-state index contributed by atoms with van der Waals surface area (Å²) in [5.41, 5.74) is 7.25. The molecular formula is C19H18N4O4. The first kappa shape index (κ1) is 18.1. The van der Waals surface area contributed by atoms with Gasteiger partial charge in [0.05, 0.1) is 12.1 Å². The Morgan fingerprint density at radius 3 is 2.59 bits per heavy atom. The van der Waals surface area contributed by atoms with Crippen LogP contribution in [0.3, 0.4) is 0 Å². The van der Waals surface area contributed by atoms with E-state index in [4.69, 9.17) is 15.2 Å². The van der Waals surface area contributed by atoms with Crippen molar-refractivity contribution < 1.29 is 19.1 Å². The minimum atomic E-state index is -0.556. The Balaban J connectivity index is 1.54. The molecule has 0 aliphatic rings. The molecule has 0 saturated heterocycles. The standard InChI is InChI=1S/C19H18N4O4/c20-18(24)11-26-17-3-1-2-15(8-17)10-27-19(25)16-6-4-14(5-7-16)9-23-13-21-12-22-23/h1-8,12-13H,9-11H2,(H2,20,24). The lowest BCUT2D eigenvalue weighted by Crippen LogP contribution is -2.20. The van der Waals surface area contributed by atoms with Gasteiger partial charge in [0.2, 0.25) is 0 Å². The molecule has 0 unspecified atom stereocenters. The number of ether oxygens (including phenoxy) is 2. The van der Waals surface area contributed by atoms with Crippen molar-refractivity contribution in [3.05, 3.63) is 77.9 Å². The molecule has 27 heavy (non-hydrogen) atoms. The van der Waals surface area contributed by atoms with E-state index in [0.717, 1.165) is 11.1 Å². The molecule has 0 bridgehead atoms. The Kier molecular flexibility index (Phi) is 5.78. The third-order valence-corrected chi connectivity index (χ3v) is 3.65. The summed E-state index contributed by atoms with van der Waals surface area (Å²) in [6, 6.07) is 14.0. The van der Waals surface area contributed by atoms with Gasteiger partial charge in [-0.25, -0.2) is 14.5 Å². The van der Waals surface area contributed by atoms with Gasteiger partial charge in [-0.3, -0.25) is 4.79 Å². The van der Waals surface area contributed by atoms with Crippen LogP contribution in [0.4, 0.5) is 0 Å². The number of aromatic nitrogens is 3. The van der Waals surface area contributed by atoms with E-state index >= 15 is 0 Å². The van der Waals surface area contributed by atoms with Crippen molar-refractivity contribution in [2.24, 2.45) is 5.73 Å². The Labute approximate surface area is 155 Å². The summed E-state index contributed by atoms with van der Waals surface area (Å²) in [6.07, 6.45) is 3.10. The average molecular weight is 366 g/mol. The van der Waals surface area contributed by atoms with Crippen molar-refractivity contribution in [2.75, 3.05) is 6.61 Å². The number of carbonyl (C=O) groups is 2. The number of nitrogens with two attached hydrogens (primary N) is 1. The summed E-state index contributed by atoms with van der Waals surface area (Å²) in [5, 5.41) is 4.04. The first-order valence-corrected chi connectivity index (χ1v) is 8.18. The van der Waals surface area contributed by atoms with Crippen molar-refractivity contribution in [2.45, 2.75) is 13.2 Å². The predicted molar refractivity (Wildman–Crippen MR) is 95.8 cm³/mol. The molecule has 3 rings (SSSR count). The van der Waals surface area contributed by atoms with Gasteiger partial charge in [0.25, 0.3) is 5.91 Å². The zero-order valence-electron chi connectivity index (χ0n) is 14.4. The lowest BCUT2D eigenvalue weighted by Gasteiger charge is -2.08. The molecule has 2 N–H and O–H groups in total. The summed E-state index contributed by atoms with van der Waals surface area (Å²) >= 11 is 0. The molecule has 8 heteroatoms. The summed E-state index contributed by atoms with van der Waals surface area (Å²) in [5.74, 6) is -0.496. The van der Waals surface area contributed by atoms with Crippen LogP contribution in [0.25, 0.3) is 0 Å². The fourth-order valence-corrected chi connectivity index (χ4v) is 2.36. The molecule has 0 atom stereocenters. The second-order valence-electron chi connectivity index (χ2n) is 5.77. The Bertz CT molecular complexity index is 908. The number of carbonyl (C=O) groups excluding carboxylic acids is 2. The fourth-order valence-electron chi connectivity index (χ4n) is 2.36. The van der Waals surface area contributed by atoms with Gasteiger partial charge in [-0.05, 0) is 35.4 Å². The van der Waals surface area contributed by atoms with Crippen LogP contribution in [0.2, 0.25) is 0 Å². The fraction of sp³-hybridized carbons (Fsp3) is 0.158. The molecule has 0 aliphatic carbocycles. The quantitative estimate of drug-likeness (QED) is 0.606. The lowest BCUT2D eigenvalue weighted by atomic mass is 10.1. The highest BCUT2D eigenvalue weighted by atomic mass is 16.5. The van der Waals surface area contributed by atoms with Crippen molar-refractivity contribution in [3.63, 3.8) is 0 Å². The van der Waals surface area contributed by atoms with E-state index in [9.17, 15) is 9.59 Å². The minimum Gasteiger partial charge on any atom is -0.484 e. The molecule has 1 amide bonds. The van der Waals surface area contributed by atoms with E-state index in [2.05, 4.69) is 10.1 Å². The number of esters is 1. The number of hydrogen-bond donors (Lipinski definition) is 1. The molecule has 2 aromatic carbocycles. The van der Waals surface area contributed by atoms with Crippen molar-refractivity contribution >= 4 is 11.9 Å². The largest absolute Gasteiger partial charge is 0.484 e.